The summed E-state index contributed by atoms with van der Waals surface area (Å²) in [6, 6.07) is 1.91. The fourth-order valence-corrected chi connectivity index (χ4v) is 1.78. The Morgan fingerprint density at radius 3 is 3.06 bits per heavy atom. The fraction of sp³-hybridized carbons (Fsp3) is 0.400. The van der Waals surface area contributed by atoms with E-state index in [9.17, 15) is 0 Å². The van der Waals surface area contributed by atoms with Gasteiger partial charge in [0.2, 0.25) is 0 Å². The second kappa shape index (κ2) is 5.62. The van der Waals surface area contributed by atoms with Gasteiger partial charge in [-0.2, -0.15) is 0 Å². The van der Waals surface area contributed by atoms with E-state index >= 15 is 0 Å². The Labute approximate surface area is 104 Å². The Hall–Kier alpha value is -1.63. The summed E-state index contributed by atoms with van der Waals surface area (Å²) in [6.45, 7) is 3.53. The SMILES string of the molecule is CCn1cnnc1CNc1cc(SC)ncn1. The molecule has 1 N–H and O–H groups in total. The largest absolute Gasteiger partial charge is 0.363 e. The third kappa shape index (κ3) is 2.94. The molecule has 2 heterocycles. The van der Waals surface area contributed by atoms with Crippen LogP contribution in [0.2, 0.25) is 0 Å². The fourth-order valence-electron chi connectivity index (χ4n) is 1.40. The van der Waals surface area contributed by atoms with Gasteiger partial charge in [0, 0.05) is 12.6 Å². The van der Waals surface area contributed by atoms with E-state index < -0.39 is 0 Å². The topological polar surface area (TPSA) is 68.5 Å². The van der Waals surface area contributed by atoms with Crippen LogP contribution in [0.25, 0.3) is 0 Å². The van der Waals surface area contributed by atoms with E-state index in [-0.39, 0.29) is 0 Å². The maximum Gasteiger partial charge on any atom is 0.152 e. The molecule has 0 radical (unpaired) electrons. The summed E-state index contributed by atoms with van der Waals surface area (Å²) < 4.78 is 1.99. The van der Waals surface area contributed by atoms with Crippen LogP contribution in [0.15, 0.2) is 23.7 Å². The van der Waals surface area contributed by atoms with Gasteiger partial charge in [0.05, 0.1) is 6.54 Å². The molecule has 0 aliphatic rings. The van der Waals surface area contributed by atoms with Crippen molar-refractivity contribution in [3.8, 4) is 0 Å². The van der Waals surface area contributed by atoms with E-state index in [1.165, 1.54) is 0 Å². The maximum absolute atomic E-state index is 4.15. The summed E-state index contributed by atoms with van der Waals surface area (Å²) in [5, 5.41) is 12.1. The highest BCUT2D eigenvalue weighted by Crippen LogP contribution is 2.13. The quantitative estimate of drug-likeness (QED) is 0.639. The van der Waals surface area contributed by atoms with E-state index in [0.717, 1.165) is 23.2 Å². The molecule has 0 saturated carbocycles. The van der Waals surface area contributed by atoms with Crippen LogP contribution >= 0.6 is 11.8 Å². The van der Waals surface area contributed by atoms with E-state index in [0.29, 0.717) is 6.54 Å². The first kappa shape index (κ1) is 11.8. The second-order valence-electron chi connectivity index (χ2n) is 3.33. The Kier molecular flexibility index (Phi) is 3.92. The minimum Gasteiger partial charge on any atom is -0.363 e. The van der Waals surface area contributed by atoms with Crippen LogP contribution in [0.1, 0.15) is 12.7 Å². The first-order valence-electron chi connectivity index (χ1n) is 5.30. The predicted molar refractivity (Wildman–Crippen MR) is 66.8 cm³/mol. The zero-order valence-electron chi connectivity index (χ0n) is 9.79. The van der Waals surface area contributed by atoms with E-state index in [1.807, 2.05) is 16.9 Å². The van der Waals surface area contributed by atoms with Gasteiger partial charge in [-0.05, 0) is 13.2 Å². The third-order valence-corrected chi connectivity index (χ3v) is 2.96. The summed E-state index contributed by atoms with van der Waals surface area (Å²) in [7, 11) is 0. The molecule has 0 aliphatic heterocycles. The number of anilines is 1. The lowest BCUT2D eigenvalue weighted by molar-refractivity contribution is 0.707. The molecule has 0 atom stereocenters. The summed E-state index contributed by atoms with van der Waals surface area (Å²) in [6.07, 6.45) is 5.27. The van der Waals surface area contributed by atoms with E-state index in [1.54, 1.807) is 24.4 Å². The molecule has 6 nitrogen and oxygen atoms in total. The Morgan fingerprint density at radius 2 is 2.29 bits per heavy atom. The average Bonchev–Trinajstić information content (AvgIpc) is 2.84. The first-order chi connectivity index (χ1) is 8.33. The van der Waals surface area contributed by atoms with Crippen LogP contribution in [-0.4, -0.2) is 31.0 Å². The van der Waals surface area contributed by atoms with Crippen LogP contribution in [0, 0.1) is 0 Å². The summed E-state index contributed by atoms with van der Waals surface area (Å²) in [5.74, 6) is 1.70. The highest BCUT2D eigenvalue weighted by atomic mass is 32.2. The van der Waals surface area contributed by atoms with Gasteiger partial charge in [-0.25, -0.2) is 9.97 Å². The molecule has 0 unspecified atom stereocenters. The number of nitrogens with zero attached hydrogens (tertiary/aromatic N) is 5. The summed E-state index contributed by atoms with van der Waals surface area (Å²) in [4.78, 5) is 8.26. The number of hydrogen-bond donors (Lipinski definition) is 1. The third-order valence-electron chi connectivity index (χ3n) is 2.32. The highest BCUT2D eigenvalue weighted by molar-refractivity contribution is 7.98. The summed E-state index contributed by atoms with van der Waals surface area (Å²) in [5.41, 5.74) is 0. The molecule has 2 rings (SSSR count). The van der Waals surface area contributed by atoms with Gasteiger partial charge in [-0.3, -0.25) is 0 Å². The van der Waals surface area contributed by atoms with Gasteiger partial charge in [0.15, 0.2) is 5.82 Å². The van der Waals surface area contributed by atoms with Gasteiger partial charge in [-0.1, -0.05) is 0 Å². The molecule has 0 aromatic carbocycles. The number of aromatic nitrogens is 5. The van der Waals surface area contributed by atoms with Crippen molar-refractivity contribution in [2.45, 2.75) is 25.0 Å². The molecule has 0 amide bonds. The normalized spacial score (nSPS) is 10.5. The summed E-state index contributed by atoms with van der Waals surface area (Å²) >= 11 is 1.59. The molecular weight excluding hydrogens is 236 g/mol. The van der Waals surface area contributed by atoms with Gasteiger partial charge >= 0.3 is 0 Å². The molecule has 2 aromatic heterocycles. The van der Waals surface area contributed by atoms with E-state index in [2.05, 4.69) is 32.4 Å². The Bertz CT molecular complexity index is 483. The average molecular weight is 250 g/mol. The zero-order valence-corrected chi connectivity index (χ0v) is 10.6. The molecule has 0 bridgehead atoms. The second-order valence-corrected chi connectivity index (χ2v) is 4.16. The standard InChI is InChI=1S/C10H14N6S/c1-3-16-7-14-15-9(16)5-11-8-4-10(17-2)13-6-12-8/h4,6-7H,3,5H2,1-2H3,(H,11,12,13). The minimum absolute atomic E-state index is 0.610. The van der Waals surface area contributed by atoms with Gasteiger partial charge < -0.3 is 9.88 Å². The molecule has 17 heavy (non-hydrogen) atoms. The smallest absolute Gasteiger partial charge is 0.152 e. The molecule has 0 spiro atoms. The number of aryl methyl sites for hydroxylation is 1. The van der Waals surface area contributed by atoms with Gasteiger partial charge in [0.1, 0.15) is 23.5 Å². The number of nitrogens with one attached hydrogen (secondary N) is 1. The van der Waals surface area contributed by atoms with Crippen molar-refractivity contribution in [2.75, 3.05) is 11.6 Å². The highest BCUT2D eigenvalue weighted by Gasteiger charge is 2.03. The predicted octanol–water partition coefficient (Wildman–Crippen LogP) is 1.42. The number of rotatable bonds is 5. The van der Waals surface area contributed by atoms with E-state index in [4.69, 9.17) is 0 Å². The minimum atomic E-state index is 0.610. The Morgan fingerprint density at radius 1 is 1.41 bits per heavy atom. The van der Waals surface area contributed by atoms with Crippen LogP contribution < -0.4 is 5.32 Å². The van der Waals surface area contributed by atoms with Crippen LogP contribution in [-0.2, 0) is 13.1 Å². The monoisotopic (exact) mass is 250 g/mol. The van der Waals surface area contributed by atoms with Crippen LogP contribution in [0.4, 0.5) is 5.82 Å². The maximum atomic E-state index is 4.15. The molecule has 0 aliphatic carbocycles. The van der Waals surface area contributed by atoms with Crippen molar-refractivity contribution >= 4 is 17.6 Å². The zero-order chi connectivity index (χ0) is 12.1. The molecule has 90 valence electrons. The molecule has 0 saturated heterocycles. The van der Waals surface area contributed by atoms with Crippen molar-refractivity contribution in [1.29, 1.82) is 0 Å². The molecular formula is C10H14N6S. The van der Waals surface area contributed by atoms with Crippen LogP contribution in [0.3, 0.4) is 0 Å². The lowest BCUT2D eigenvalue weighted by Gasteiger charge is -2.06. The van der Waals surface area contributed by atoms with Crippen molar-refractivity contribution < 1.29 is 0 Å². The Balaban J connectivity index is 2.02. The molecule has 2 aromatic rings. The lowest BCUT2D eigenvalue weighted by atomic mass is 10.5. The first-order valence-corrected chi connectivity index (χ1v) is 6.52. The number of thioether (sulfide) groups is 1. The van der Waals surface area contributed by atoms with Crippen molar-refractivity contribution in [1.82, 2.24) is 24.7 Å². The van der Waals surface area contributed by atoms with Gasteiger partial charge in [-0.15, -0.1) is 22.0 Å². The van der Waals surface area contributed by atoms with Gasteiger partial charge in [0.25, 0.3) is 0 Å². The number of hydrogen-bond acceptors (Lipinski definition) is 6. The van der Waals surface area contributed by atoms with Crippen molar-refractivity contribution in [3.63, 3.8) is 0 Å². The van der Waals surface area contributed by atoms with Crippen LogP contribution in [0.5, 0.6) is 0 Å². The van der Waals surface area contributed by atoms with Crippen molar-refractivity contribution in [3.05, 3.63) is 24.5 Å². The van der Waals surface area contributed by atoms with Crippen molar-refractivity contribution in [2.24, 2.45) is 0 Å². The molecule has 7 heteroatoms. The molecule has 0 fully saturated rings. The lowest BCUT2D eigenvalue weighted by Crippen LogP contribution is -2.08.